The molecule has 5 heteroatoms. The van der Waals surface area contributed by atoms with Crippen molar-refractivity contribution in [1.29, 1.82) is 0 Å². The molecule has 0 unspecified atom stereocenters. The van der Waals surface area contributed by atoms with E-state index in [4.69, 9.17) is 9.52 Å². The molecule has 21 heavy (non-hydrogen) atoms. The van der Waals surface area contributed by atoms with Crippen LogP contribution >= 0.6 is 15.9 Å². The van der Waals surface area contributed by atoms with E-state index < -0.39 is 5.97 Å². The van der Waals surface area contributed by atoms with Gasteiger partial charge in [0.25, 0.3) is 0 Å². The second-order valence-corrected chi connectivity index (χ2v) is 5.35. The molecule has 3 rings (SSSR count). The van der Waals surface area contributed by atoms with Crippen LogP contribution in [-0.4, -0.2) is 16.1 Å². The third kappa shape index (κ3) is 2.87. The van der Waals surface area contributed by atoms with Gasteiger partial charge < -0.3 is 9.52 Å². The summed E-state index contributed by atoms with van der Waals surface area (Å²) < 4.78 is 6.42. The van der Waals surface area contributed by atoms with Gasteiger partial charge in [0.1, 0.15) is 12.0 Å². The second kappa shape index (κ2) is 5.54. The first kappa shape index (κ1) is 13.6. The van der Waals surface area contributed by atoms with E-state index in [1.54, 1.807) is 24.5 Å². The summed E-state index contributed by atoms with van der Waals surface area (Å²) in [7, 11) is 0. The van der Waals surface area contributed by atoms with Crippen molar-refractivity contribution in [1.82, 2.24) is 4.98 Å². The van der Waals surface area contributed by atoms with Crippen LogP contribution in [-0.2, 0) is 0 Å². The van der Waals surface area contributed by atoms with Gasteiger partial charge in [-0.25, -0.2) is 9.78 Å². The number of benzene rings is 2. The molecule has 1 aromatic heterocycles. The highest BCUT2D eigenvalue weighted by atomic mass is 79.9. The van der Waals surface area contributed by atoms with E-state index in [0.717, 1.165) is 10.0 Å². The summed E-state index contributed by atoms with van der Waals surface area (Å²) in [5.74, 6) is -0.580. The first-order valence-electron chi connectivity index (χ1n) is 6.19. The van der Waals surface area contributed by atoms with Crippen molar-refractivity contribution >= 4 is 21.9 Å². The topological polar surface area (TPSA) is 63.3 Å². The first-order valence-corrected chi connectivity index (χ1v) is 6.98. The van der Waals surface area contributed by atoms with Crippen molar-refractivity contribution in [2.24, 2.45) is 0 Å². The number of carboxylic acid groups (broad SMARTS) is 1. The largest absolute Gasteiger partial charge is 0.478 e. The Morgan fingerprint density at radius 3 is 2.62 bits per heavy atom. The van der Waals surface area contributed by atoms with Gasteiger partial charge in [-0.15, -0.1) is 0 Å². The summed E-state index contributed by atoms with van der Waals surface area (Å²) in [6, 6.07) is 14.2. The van der Waals surface area contributed by atoms with Crippen molar-refractivity contribution in [2.45, 2.75) is 0 Å². The first-order chi connectivity index (χ1) is 10.1. The van der Waals surface area contributed by atoms with Gasteiger partial charge >= 0.3 is 5.97 Å². The van der Waals surface area contributed by atoms with Gasteiger partial charge in [-0.05, 0) is 30.3 Å². The van der Waals surface area contributed by atoms with E-state index in [1.165, 1.54) is 6.07 Å². The Hall–Kier alpha value is -2.40. The van der Waals surface area contributed by atoms with Crippen LogP contribution in [0.2, 0.25) is 0 Å². The van der Waals surface area contributed by atoms with Crippen LogP contribution in [0, 0.1) is 0 Å². The molecule has 0 amide bonds. The third-order valence-corrected chi connectivity index (χ3v) is 3.47. The fourth-order valence-electron chi connectivity index (χ4n) is 1.97. The molecule has 0 spiro atoms. The number of halogens is 1. The van der Waals surface area contributed by atoms with Crippen LogP contribution in [0.15, 0.2) is 63.7 Å². The van der Waals surface area contributed by atoms with Crippen LogP contribution in [0.5, 0.6) is 0 Å². The highest BCUT2D eigenvalue weighted by molar-refractivity contribution is 9.10. The molecule has 0 aliphatic carbocycles. The van der Waals surface area contributed by atoms with E-state index in [-0.39, 0.29) is 5.56 Å². The summed E-state index contributed by atoms with van der Waals surface area (Å²) in [6.07, 6.45) is 1.56. The molecule has 0 bridgehead atoms. The predicted octanol–water partition coefficient (Wildman–Crippen LogP) is 4.47. The average molecular weight is 344 g/mol. The summed E-state index contributed by atoms with van der Waals surface area (Å²) >= 11 is 3.41. The maximum atomic E-state index is 11.0. The Bertz CT molecular complexity index is 811. The quantitative estimate of drug-likeness (QED) is 0.761. The molecule has 4 nitrogen and oxygen atoms in total. The van der Waals surface area contributed by atoms with Crippen LogP contribution in [0.3, 0.4) is 0 Å². The van der Waals surface area contributed by atoms with Crippen LogP contribution < -0.4 is 0 Å². The standard InChI is InChI=1S/C16H10BrNO3/c17-13-6-2-3-10(8-13)14-9-21-15(18-14)11-4-1-5-12(7-11)16(19)20/h1-9H,(H,19,20). The van der Waals surface area contributed by atoms with Crippen molar-refractivity contribution in [3.05, 3.63) is 64.8 Å². The zero-order valence-corrected chi connectivity index (χ0v) is 12.4. The number of hydrogen-bond donors (Lipinski definition) is 1. The third-order valence-electron chi connectivity index (χ3n) is 2.98. The molecular formula is C16H10BrNO3. The van der Waals surface area contributed by atoms with E-state index >= 15 is 0 Å². The second-order valence-electron chi connectivity index (χ2n) is 4.43. The molecule has 1 N–H and O–H groups in total. The highest BCUT2D eigenvalue weighted by Crippen LogP contribution is 2.26. The molecule has 0 atom stereocenters. The SMILES string of the molecule is O=C(O)c1cccc(-c2nc(-c3cccc(Br)c3)co2)c1. The minimum atomic E-state index is -0.976. The van der Waals surface area contributed by atoms with Crippen molar-refractivity contribution in [3.8, 4) is 22.7 Å². The lowest BCUT2D eigenvalue weighted by Gasteiger charge is -1.98. The lowest BCUT2D eigenvalue weighted by atomic mass is 10.1. The van der Waals surface area contributed by atoms with Gasteiger partial charge in [-0.1, -0.05) is 34.1 Å². The minimum Gasteiger partial charge on any atom is -0.478 e. The number of oxazole rings is 1. The molecule has 0 saturated carbocycles. The van der Waals surface area contributed by atoms with E-state index in [1.807, 2.05) is 24.3 Å². The fraction of sp³-hybridized carbons (Fsp3) is 0. The Balaban J connectivity index is 1.98. The molecule has 104 valence electrons. The van der Waals surface area contributed by atoms with Crippen LogP contribution in [0.4, 0.5) is 0 Å². The van der Waals surface area contributed by atoms with Gasteiger partial charge in [0.2, 0.25) is 5.89 Å². The lowest BCUT2D eigenvalue weighted by molar-refractivity contribution is 0.0697. The van der Waals surface area contributed by atoms with E-state index in [0.29, 0.717) is 17.1 Å². The predicted molar refractivity (Wildman–Crippen MR) is 82.0 cm³/mol. The molecule has 0 saturated heterocycles. The Kier molecular flexibility index (Phi) is 3.58. The maximum Gasteiger partial charge on any atom is 0.335 e. The number of carbonyl (C=O) groups is 1. The number of nitrogens with zero attached hydrogens (tertiary/aromatic N) is 1. The smallest absolute Gasteiger partial charge is 0.335 e. The molecule has 2 aromatic carbocycles. The van der Waals surface area contributed by atoms with Crippen LogP contribution in [0.1, 0.15) is 10.4 Å². The maximum absolute atomic E-state index is 11.0. The Labute approximate surface area is 129 Å². The van der Waals surface area contributed by atoms with Crippen LogP contribution in [0.25, 0.3) is 22.7 Å². The molecule has 1 heterocycles. The summed E-state index contributed by atoms with van der Waals surface area (Å²) in [5.41, 5.74) is 2.46. The number of aromatic nitrogens is 1. The fourth-order valence-corrected chi connectivity index (χ4v) is 2.37. The number of aromatic carboxylic acids is 1. The summed E-state index contributed by atoms with van der Waals surface area (Å²) in [6.45, 7) is 0. The number of rotatable bonds is 3. The molecule has 0 aliphatic heterocycles. The molecule has 0 fully saturated rings. The van der Waals surface area contributed by atoms with Gasteiger partial charge in [0.15, 0.2) is 0 Å². The minimum absolute atomic E-state index is 0.203. The molecular weight excluding hydrogens is 334 g/mol. The van der Waals surface area contributed by atoms with E-state index in [9.17, 15) is 4.79 Å². The van der Waals surface area contributed by atoms with Gasteiger partial charge in [-0.3, -0.25) is 0 Å². The molecule has 0 radical (unpaired) electrons. The summed E-state index contributed by atoms with van der Waals surface area (Å²) in [4.78, 5) is 15.4. The number of hydrogen-bond acceptors (Lipinski definition) is 3. The highest BCUT2D eigenvalue weighted by Gasteiger charge is 2.11. The Morgan fingerprint density at radius 2 is 1.86 bits per heavy atom. The summed E-state index contributed by atoms with van der Waals surface area (Å²) in [5, 5.41) is 9.01. The Morgan fingerprint density at radius 1 is 1.10 bits per heavy atom. The van der Waals surface area contributed by atoms with Crippen molar-refractivity contribution in [2.75, 3.05) is 0 Å². The van der Waals surface area contributed by atoms with Crippen molar-refractivity contribution in [3.63, 3.8) is 0 Å². The van der Waals surface area contributed by atoms with Gasteiger partial charge in [0.05, 0.1) is 5.56 Å². The van der Waals surface area contributed by atoms with E-state index in [2.05, 4.69) is 20.9 Å². The monoisotopic (exact) mass is 343 g/mol. The zero-order chi connectivity index (χ0) is 14.8. The van der Waals surface area contributed by atoms with Gasteiger partial charge in [-0.2, -0.15) is 0 Å². The number of carboxylic acids is 1. The van der Waals surface area contributed by atoms with Crippen molar-refractivity contribution < 1.29 is 14.3 Å². The van der Waals surface area contributed by atoms with Gasteiger partial charge in [0, 0.05) is 15.6 Å². The zero-order valence-electron chi connectivity index (χ0n) is 10.8. The molecule has 0 aliphatic rings. The molecule has 3 aromatic rings. The lowest BCUT2D eigenvalue weighted by Crippen LogP contribution is -1.95. The average Bonchev–Trinajstić information content (AvgIpc) is 2.97. The normalized spacial score (nSPS) is 10.5.